The zero-order valence-corrected chi connectivity index (χ0v) is 15.6. The van der Waals surface area contributed by atoms with Gasteiger partial charge in [0.1, 0.15) is 6.61 Å². The van der Waals surface area contributed by atoms with E-state index in [0.717, 1.165) is 42.4 Å². The number of aliphatic hydroxyl groups excluding tert-OH is 1. The molecule has 2 fully saturated rings. The largest absolute Gasteiger partial charge is 0.465 e. The summed E-state index contributed by atoms with van der Waals surface area (Å²) in [5, 5.41) is 20.4. The lowest BCUT2D eigenvalue weighted by Crippen LogP contribution is -2.62. The lowest BCUT2D eigenvalue weighted by atomic mass is 9.91. The smallest absolute Gasteiger partial charge is 0.407 e. The molecule has 7 heteroatoms. The van der Waals surface area contributed by atoms with Gasteiger partial charge >= 0.3 is 12.1 Å². The molecule has 1 spiro atoms. The van der Waals surface area contributed by atoms with Crippen LogP contribution in [0.1, 0.15) is 58.8 Å². The molecule has 4 rings (SSSR count). The number of amides is 1. The molecule has 1 aliphatic carbocycles. The highest BCUT2D eigenvalue weighted by Gasteiger charge is 2.46. The summed E-state index contributed by atoms with van der Waals surface area (Å²) in [4.78, 5) is 27.2. The average molecular weight is 374 g/mol. The Morgan fingerprint density at radius 1 is 1.30 bits per heavy atom. The minimum Gasteiger partial charge on any atom is -0.465 e. The lowest BCUT2D eigenvalue weighted by molar-refractivity contribution is -0.00675. The molecule has 0 aromatic heterocycles. The number of β-amino-alcohol motifs (C(OH)–C–C–N with tert-alkyl or cyclic N) is 1. The summed E-state index contributed by atoms with van der Waals surface area (Å²) in [5.74, 6) is -0.304. The van der Waals surface area contributed by atoms with Crippen LogP contribution >= 0.6 is 0 Å². The van der Waals surface area contributed by atoms with Crippen molar-refractivity contribution in [3.05, 3.63) is 34.4 Å². The second-order valence-corrected chi connectivity index (χ2v) is 8.00. The summed E-state index contributed by atoms with van der Waals surface area (Å²) < 4.78 is 5.09. The zero-order valence-electron chi connectivity index (χ0n) is 15.6. The van der Waals surface area contributed by atoms with Gasteiger partial charge < -0.3 is 19.8 Å². The van der Waals surface area contributed by atoms with E-state index in [0.29, 0.717) is 31.7 Å². The molecule has 2 N–H and O–H groups in total. The van der Waals surface area contributed by atoms with E-state index in [-0.39, 0.29) is 18.1 Å². The molecule has 2 aliphatic heterocycles. The minimum absolute atomic E-state index is 0.265. The number of fused-ring (bicyclic) bond motifs is 1. The minimum atomic E-state index is -0.837. The van der Waals surface area contributed by atoms with Gasteiger partial charge in [-0.15, -0.1) is 0 Å². The van der Waals surface area contributed by atoms with Gasteiger partial charge in [-0.1, -0.05) is 18.9 Å². The van der Waals surface area contributed by atoms with Crippen molar-refractivity contribution >= 4 is 12.1 Å². The quantitative estimate of drug-likeness (QED) is 0.789. The summed E-state index contributed by atoms with van der Waals surface area (Å²) in [6, 6.07) is 3.54. The van der Waals surface area contributed by atoms with Gasteiger partial charge in [-0.05, 0) is 37.0 Å². The summed E-state index contributed by atoms with van der Waals surface area (Å²) >= 11 is 0. The Kier molecular flexibility index (Phi) is 4.60. The predicted octanol–water partition coefficient (Wildman–Crippen LogP) is 2.31. The van der Waals surface area contributed by atoms with Crippen molar-refractivity contribution in [2.24, 2.45) is 0 Å². The monoisotopic (exact) mass is 374 g/mol. The molecule has 2 heterocycles. The van der Waals surface area contributed by atoms with Gasteiger partial charge in [-0.3, -0.25) is 4.90 Å². The molecule has 0 bridgehead atoms. The Morgan fingerprint density at radius 2 is 2.04 bits per heavy atom. The molecule has 1 aromatic carbocycles. The molecule has 27 heavy (non-hydrogen) atoms. The molecule has 1 saturated heterocycles. The molecule has 146 valence electrons. The Hall–Kier alpha value is -2.12. The van der Waals surface area contributed by atoms with Crippen LogP contribution in [0.3, 0.4) is 0 Å². The third-order valence-corrected chi connectivity index (χ3v) is 6.49. The highest BCUT2D eigenvalue weighted by atomic mass is 16.5. The lowest BCUT2D eigenvalue weighted by Gasteiger charge is -2.48. The average Bonchev–Trinajstić information content (AvgIpc) is 3.23. The van der Waals surface area contributed by atoms with Crippen molar-refractivity contribution in [3.63, 3.8) is 0 Å². The van der Waals surface area contributed by atoms with E-state index in [1.807, 2.05) is 13.0 Å². The number of ether oxygens (including phenoxy) is 1. The number of carbonyl (C=O) groups excluding carboxylic acids is 1. The first-order valence-electron chi connectivity index (χ1n) is 9.62. The second kappa shape index (κ2) is 6.80. The highest BCUT2D eigenvalue weighted by Crippen LogP contribution is 2.39. The summed E-state index contributed by atoms with van der Waals surface area (Å²) in [7, 11) is 0. The summed E-state index contributed by atoms with van der Waals surface area (Å²) in [6.45, 7) is 4.41. The van der Waals surface area contributed by atoms with Crippen molar-refractivity contribution in [1.82, 2.24) is 9.80 Å². The second-order valence-electron chi connectivity index (χ2n) is 8.00. The van der Waals surface area contributed by atoms with E-state index in [4.69, 9.17) is 4.74 Å². The van der Waals surface area contributed by atoms with E-state index >= 15 is 0 Å². The fourth-order valence-corrected chi connectivity index (χ4v) is 5.05. The highest BCUT2D eigenvalue weighted by molar-refractivity contribution is 5.93. The van der Waals surface area contributed by atoms with Gasteiger partial charge in [-0.2, -0.15) is 0 Å². The van der Waals surface area contributed by atoms with Crippen molar-refractivity contribution in [2.75, 3.05) is 26.2 Å². The van der Waals surface area contributed by atoms with Crippen LogP contribution in [0.25, 0.3) is 0 Å². The Morgan fingerprint density at radius 3 is 2.74 bits per heavy atom. The molecule has 1 atom stereocenters. The van der Waals surface area contributed by atoms with Crippen molar-refractivity contribution < 1.29 is 24.5 Å². The van der Waals surface area contributed by atoms with E-state index in [9.17, 15) is 19.8 Å². The Bertz CT molecular complexity index is 772. The molecule has 0 radical (unpaired) electrons. The fraction of sp³-hybridized carbons (Fsp3) is 0.600. The van der Waals surface area contributed by atoms with Crippen molar-refractivity contribution in [3.8, 4) is 0 Å². The van der Waals surface area contributed by atoms with Crippen LogP contribution in [0.5, 0.6) is 0 Å². The normalized spacial score (nSPS) is 22.7. The van der Waals surface area contributed by atoms with E-state index in [1.54, 1.807) is 11.0 Å². The number of piperazine rings is 1. The van der Waals surface area contributed by atoms with Gasteiger partial charge in [0.05, 0.1) is 17.2 Å². The van der Waals surface area contributed by atoms with Crippen LogP contribution in [0.15, 0.2) is 12.1 Å². The van der Waals surface area contributed by atoms with E-state index < -0.39 is 12.2 Å². The maximum Gasteiger partial charge on any atom is 0.407 e. The number of benzene rings is 1. The van der Waals surface area contributed by atoms with E-state index in [1.165, 1.54) is 0 Å². The SMILES string of the molecule is Cc1c([C@@H](O)CN2CCN(C(=O)O)C3(CCCC3)C2)ccc2c1COC2=O. The predicted molar refractivity (Wildman–Crippen MR) is 97.6 cm³/mol. The van der Waals surface area contributed by atoms with Crippen LogP contribution in [0.4, 0.5) is 4.79 Å². The number of cyclic esters (lactones) is 1. The van der Waals surface area contributed by atoms with Crippen molar-refractivity contribution in [2.45, 2.75) is 50.9 Å². The standard InChI is InChI=1S/C20H26N2O5/c1-13-14(4-5-15-16(13)11-27-18(15)24)17(23)10-21-8-9-22(19(25)26)20(12-21)6-2-3-7-20/h4-5,17,23H,2-3,6-12H2,1H3,(H,25,26)/t17-/m0/s1. The number of carbonyl (C=O) groups is 2. The Labute approximate surface area is 158 Å². The molecule has 1 amide bonds. The topological polar surface area (TPSA) is 90.3 Å². The van der Waals surface area contributed by atoms with Crippen LogP contribution in [-0.4, -0.2) is 63.8 Å². The van der Waals surface area contributed by atoms with Crippen LogP contribution in [0.2, 0.25) is 0 Å². The van der Waals surface area contributed by atoms with Crippen LogP contribution in [-0.2, 0) is 11.3 Å². The van der Waals surface area contributed by atoms with Gasteiger partial charge in [0, 0.05) is 31.7 Å². The first-order chi connectivity index (χ1) is 12.9. The molecular formula is C20H26N2O5. The third kappa shape index (κ3) is 3.08. The molecule has 0 unspecified atom stereocenters. The van der Waals surface area contributed by atoms with Crippen LogP contribution < -0.4 is 0 Å². The van der Waals surface area contributed by atoms with Gasteiger partial charge in [0.15, 0.2) is 0 Å². The Balaban J connectivity index is 1.50. The first-order valence-corrected chi connectivity index (χ1v) is 9.62. The maximum absolute atomic E-state index is 11.7. The summed E-state index contributed by atoms with van der Waals surface area (Å²) in [6.07, 6.45) is 2.37. The number of hydrogen-bond acceptors (Lipinski definition) is 5. The molecule has 1 saturated carbocycles. The number of carboxylic acid groups (broad SMARTS) is 1. The number of rotatable bonds is 3. The van der Waals surface area contributed by atoms with Gasteiger partial charge in [0.2, 0.25) is 0 Å². The molecular weight excluding hydrogens is 348 g/mol. The van der Waals surface area contributed by atoms with Crippen LogP contribution in [0, 0.1) is 6.92 Å². The maximum atomic E-state index is 11.7. The number of aliphatic hydroxyl groups is 1. The van der Waals surface area contributed by atoms with Gasteiger partial charge in [-0.25, -0.2) is 9.59 Å². The fourth-order valence-electron chi connectivity index (χ4n) is 5.05. The number of hydrogen-bond donors (Lipinski definition) is 2. The van der Waals surface area contributed by atoms with Gasteiger partial charge in [0.25, 0.3) is 0 Å². The first kappa shape index (κ1) is 18.3. The molecule has 1 aromatic rings. The number of nitrogens with zero attached hydrogens (tertiary/aromatic N) is 2. The van der Waals surface area contributed by atoms with E-state index in [2.05, 4.69) is 4.90 Å². The molecule has 3 aliphatic rings. The molecule has 7 nitrogen and oxygen atoms in total. The zero-order chi connectivity index (χ0) is 19.2. The van der Waals surface area contributed by atoms with Crippen molar-refractivity contribution in [1.29, 1.82) is 0 Å². The number of esters is 1. The summed E-state index contributed by atoms with van der Waals surface area (Å²) in [5.41, 5.74) is 2.86. The third-order valence-electron chi connectivity index (χ3n) is 6.49.